The summed E-state index contributed by atoms with van der Waals surface area (Å²) in [6.45, 7) is 2.45. The molecule has 1 aliphatic heterocycles. The first-order valence-electron chi connectivity index (χ1n) is 7.09. The van der Waals surface area contributed by atoms with Gasteiger partial charge in [0, 0.05) is 23.6 Å². The van der Waals surface area contributed by atoms with E-state index in [2.05, 4.69) is 21.2 Å². The van der Waals surface area contributed by atoms with E-state index in [1.54, 1.807) is 19.1 Å². The third kappa shape index (κ3) is 4.19. The smallest absolute Gasteiger partial charge is 0.317 e. The molecule has 0 spiro atoms. The molecule has 0 saturated carbocycles. The molecule has 120 valence electrons. The largest absolute Gasteiger partial charge is 0.481 e. The second kappa shape index (κ2) is 7.09. The van der Waals surface area contributed by atoms with Gasteiger partial charge < -0.3 is 15.3 Å². The molecule has 0 aliphatic carbocycles. The minimum Gasteiger partial charge on any atom is -0.481 e. The predicted molar refractivity (Wildman–Crippen MR) is 83.1 cm³/mol. The molecule has 2 N–H and O–H groups in total. The third-order valence-corrected chi connectivity index (χ3v) is 4.22. The average molecular weight is 373 g/mol. The molecule has 0 aromatic heterocycles. The molecule has 1 heterocycles. The highest BCUT2D eigenvalue weighted by Gasteiger charge is 2.31. The summed E-state index contributed by atoms with van der Waals surface area (Å²) < 4.78 is 14.5. The summed E-state index contributed by atoms with van der Waals surface area (Å²) in [5.41, 5.74) is 0.520. The fraction of sp³-hybridized carbons (Fsp3) is 0.467. The monoisotopic (exact) mass is 372 g/mol. The minimum atomic E-state index is -0.875. The number of amides is 2. The van der Waals surface area contributed by atoms with Gasteiger partial charge in [0.25, 0.3) is 0 Å². The van der Waals surface area contributed by atoms with Gasteiger partial charge in [0.15, 0.2) is 0 Å². The lowest BCUT2D eigenvalue weighted by Gasteiger charge is -2.21. The maximum atomic E-state index is 13.7. The van der Waals surface area contributed by atoms with E-state index in [0.29, 0.717) is 24.9 Å². The molecule has 2 amide bonds. The number of urea groups is 1. The molecule has 22 heavy (non-hydrogen) atoms. The number of carboxylic acid groups (broad SMARTS) is 1. The van der Waals surface area contributed by atoms with E-state index in [4.69, 9.17) is 5.11 Å². The Kier molecular flexibility index (Phi) is 5.39. The normalized spacial score (nSPS) is 19.0. The fourth-order valence-corrected chi connectivity index (χ4v) is 2.94. The van der Waals surface area contributed by atoms with E-state index in [0.717, 1.165) is 4.47 Å². The van der Waals surface area contributed by atoms with Gasteiger partial charge in [0.1, 0.15) is 5.82 Å². The number of halogens is 2. The lowest BCUT2D eigenvalue weighted by Crippen LogP contribution is -2.43. The van der Waals surface area contributed by atoms with Crippen molar-refractivity contribution >= 4 is 27.9 Å². The summed E-state index contributed by atoms with van der Waals surface area (Å²) in [7, 11) is 0. The maximum Gasteiger partial charge on any atom is 0.317 e. The Morgan fingerprint density at radius 2 is 2.27 bits per heavy atom. The lowest BCUT2D eigenvalue weighted by molar-refractivity contribution is -0.141. The van der Waals surface area contributed by atoms with Crippen molar-refractivity contribution in [2.75, 3.05) is 13.1 Å². The Morgan fingerprint density at radius 3 is 2.91 bits per heavy atom. The van der Waals surface area contributed by atoms with Gasteiger partial charge in [-0.05, 0) is 43.5 Å². The van der Waals surface area contributed by atoms with E-state index in [1.165, 1.54) is 11.0 Å². The number of hydrogen-bond acceptors (Lipinski definition) is 2. The molecule has 5 nitrogen and oxygen atoms in total. The topological polar surface area (TPSA) is 69.6 Å². The van der Waals surface area contributed by atoms with Crippen LogP contribution in [-0.4, -0.2) is 41.1 Å². The number of carbonyl (C=O) groups excluding carboxylic acids is 1. The van der Waals surface area contributed by atoms with Crippen molar-refractivity contribution in [1.82, 2.24) is 10.2 Å². The van der Waals surface area contributed by atoms with Crippen molar-refractivity contribution in [3.8, 4) is 0 Å². The highest BCUT2D eigenvalue weighted by Crippen LogP contribution is 2.18. The molecular weight excluding hydrogens is 355 g/mol. The number of likely N-dealkylation sites (tertiary alicyclic amines) is 1. The van der Waals surface area contributed by atoms with E-state index < -0.39 is 11.9 Å². The first kappa shape index (κ1) is 16.7. The SMILES string of the molecule is CC(Cc1cc(Br)ccc1F)NC(=O)N1CCC(C(=O)O)C1. The Balaban J connectivity index is 1.89. The Hall–Kier alpha value is -1.63. The van der Waals surface area contributed by atoms with Gasteiger partial charge in [-0.25, -0.2) is 9.18 Å². The van der Waals surface area contributed by atoms with Crippen LogP contribution in [0.1, 0.15) is 18.9 Å². The molecular formula is C15H18BrFN2O3. The second-order valence-electron chi connectivity index (χ2n) is 5.56. The van der Waals surface area contributed by atoms with Gasteiger partial charge in [0.05, 0.1) is 5.92 Å². The fourth-order valence-electron chi connectivity index (χ4n) is 2.53. The molecule has 2 rings (SSSR count). The summed E-state index contributed by atoms with van der Waals surface area (Å²) in [5.74, 6) is -1.68. The zero-order chi connectivity index (χ0) is 16.3. The highest BCUT2D eigenvalue weighted by atomic mass is 79.9. The number of rotatable bonds is 4. The summed E-state index contributed by atoms with van der Waals surface area (Å²) in [4.78, 5) is 24.5. The van der Waals surface area contributed by atoms with Gasteiger partial charge >= 0.3 is 12.0 Å². The standard InChI is InChI=1S/C15H18BrFN2O3/c1-9(6-11-7-12(16)2-3-13(11)17)18-15(22)19-5-4-10(8-19)14(20)21/h2-3,7,9-10H,4-6,8H2,1H3,(H,18,22)(H,20,21). The molecule has 2 unspecified atom stereocenters. The number of nitrogens with one attached hydrogen (secondary N) is 1. The van der Waals surface area contributed by atoms with Crippen LogP contribution >= 0.6 is 15.9 Å². The van der Waals surface area contributed by atoms with Crippen LogP contribution in [0.25, 0.3) is 0 Å². The van der Waals surface area contributed by atoms with E-state index >= 15 is 0 Å². The van der Waals surface area contributed by atoms with Crippen molar-refractivity contribution in [2.24, 2.45) is 5.92 Å². The van der Waals surface area contributed by atoms with Crippen molar-refractivity contribution in [3.05, 3.63) is 34.1 Å². The number of carboxylic acids is 1. The number of benzene rings is 1. The van der Waals surface area contributed by atoms with Crippen LogP contribution in [0, 0.1) is 11.7 Å². The van der Waals surface area contributed by atoms with Crippen molar-refractivity contribution < 1.29 is 19.1 Å². The lowest BCUT2D eigenvalue weighted by atomic mass is 10.1. The molecule has 0 bridgehead atoms. The molecule has 1 saturated heterocycles. The summed E-state index contributed by atoms with van der Waals surface area (Å²) in [6, 6.07) is 4.14. The summed E-state index contributed by atoms with van der Waals surface area (Å²) in [5, 5.41) is 11.7. The molecule has 2 atom stereocenters. The van der Waals surface area contributed by atoms with Crippen molar-refractivity contribution in [2.45, 2.75) is 25.8 Å². The van der Waals surface area contributed by atoms with Crippen molar-refractivity contribution in [3.63, 3.8) is 0 Å². The van der Waals surface area contributed by atoms with Gasteiger partial charge in [-0.2, -0.15) is 0 Å². The predicted octanol–water partition coefficient (Wildman–Crippen LogP) is 2.64. The zero-order valence-corrected chi connectivity index (χ0v) is 13.8. The number of hydrogen-bond donors (Lipinski definition) is 2. The van der Waals surface area contributed by atoms with Crippen molar-refractivity contribution in [1.29, 1.82) is 0 Å². The first-order valence-corrected chi connectivity index (χ1v) is 7.88. The summed E-state index contributed by atoms with van der Waals surface area (Å²) >= 11 is 3.29. The molecule has 7 heteroatoms. The van der Waals surface area contributed by atoms with Crippen LogP contribution in [-0.2, 0) is 11.2 Å². The maximum absolute atomic E-state index is 13.7. The van der Waals surface area contributed by atoms with E-state index in [-0.39, 0.29) is 24.4 Å². The van der Waals surface area contributed by atoms with Crippen LogP contribution in [0.4, 0.5) is 9.18 Å². The number of aliphatic carboxylic acids is 1. The van der Waals surface area contributed by atoms with E-state index in [1.807, 2.05) is 0 Å². The van der Waals surface area contributed by atoms with Gasteiger partial charge in [-0.15, -0.1) is 0 Å². The third-order valence-electron chi connectivity index (χ3n) is 3.73. The molecule has 1 fully saturated rings. The molecule has 1 aromatic rings. The van der Waals surface area contributed by atoms with Crippen LogP contribution in [0.3, 0.4) is 0 Å². The van der Waals surface area contributed by atoms with Crippen LogP contribution in [0.5, 0.6) is 0 Å². The minimum absolute atomic E-state index is 0.221. The molecule has 1 aliphatic rings. The summed E-state index contributed by atoms with van der Waals surface area (Å²) in [6.07, 6.45) is 0.838. The number of carbonyl (C=O) groups is 2. The Bertz CT molecular complexity index is 582. The van der Waals surface area contributed by atoms with Crippen LogP contribution in [0.2, 0.25) is 0 Å². The van der Waals surface area contributed by atoms with E-state index in [9.17, 15) is 14.0 Å². The molecule has 1 aromatic carbocycles. The van der Waals surface area contributed by atoms with Gasteiger partial charge in [0.2, 0.25) is 0 Å². The van der Waals surface area contributed by atoms with Crippen LogP contribution in [0.15, 0.2) is 22.7 Å². The number of nitrogens with zero attached hydrogens (tertiary/aromatic N) is 1. The van der Waals surface area contributed by atoms with Gasteiger partial charge in [-0.3, -0.25) is 4.79 Å². The zero-order valence-electron chi connectivity index (χ0n) is 12.2. The first-order chi connectivity index (χ1) is 10.4. The Labute approximate surface area is 136 Å². The second-order valence-corrected chi connectivity index (χ2v) is 6.48. The quantitative estimate of drug-likeness (QED) is 0.853. The average Bonchev–Trinajstić information content (AvgIpc) is 2.93. The highest BCUT2D eigenvalue weighted by molar-refractivity contribution is 9.10. The Morgan fingerprint density at radius 1 is 1.55 bits per heavy atom. The molecule has 0 radical (unpaired) electrons. The van der Waals surface area contributed by atoms with Gasteiger partial charge in [-0.1, -0.05) is 15.9 Å². The van der Waals surface area contributed by atoms with Crippen LogP contribution < -0.4 is 5.32 Å².